The monoisotopic (exact) mass is 588 g/mol. The number of likely N-dealkylation sites (tertiary alicyclic amines) is 2. The number of nitrogens with zero attached hydrogens (tertiary/aromatic N) is 2. The number of rotatable bonds is 9. The minimum Gasteiger partial charge on any atom is -0.466 e. The van der Waals surface area contributed by atoms with Crippen LogP contribution in [0.4, 0.5) is 4.39 Å². The maximum Gasteiger partial charge on any atom is 0.309 e. The van der Waals surface area contributed by atoms with Crippen LogP contribution in [-0.2, 0) is 19.1 Å². The van der Waals surface area contributed by atoms with Crippen molar-refractivity contribution in [3.8, 4) is 0 Å². The number of benzene rings is 1. The van der Waals surface area contributed by atoms with Crippen molar-refractivity contribution in [3.05, 3.63) is 47.3 Å². The molecule has 10 heteroatoms. The number of ketones is 1. The Labute approximate surface area is 241 Å². The van der Waals surface area contributed by atoms with Crippen LogP contribution in [0.3, 0.4) is 0 Å². The third-order valence-corrected chi connectivity index (χ3v) is 8.57. The molecule has 2 aliphatic heterocycles. The molecule has 38 heavy (non-hydrogen) atoms. The van der Waals surface area contributed by atoms with Gasteiger partial charge in [0.15, 0.2) is 10.9 Å². The smallest absolute Gasteiger partial charge is 0.309 e. The number of thioether (sulfide) groups is 1. The van der Waals surface area contributed by atoms with Crippen molar-refractivity contribution in [2.24, 2.45) is 11.8 Å². The van der Waals surface area contributed by atoms with Gasteiger partial charge in [-0.15, -0.1) is 24.8 Å². The van der Waals surface area contributed by atoms with E-state index in [-0.39, 0.29) is 64.6 Å². The zero-order chi connectivity index (χ0) is 25.7. The number of carbonyl (C=O) groups excluding carboxylic acids is 3. The molecule has 0 aromatic heterocycles. The summed E-state index contributed by atoms with van der Waals surface area (Å²) in [6.07, 6.45) is 6.26. The molecule has 1 aliphatic carbocycles. The summed E-state index contributed by atoms with van der Waals surface area (Å²) in [6.45, 7) is 7.39. The molecule has 2 saturated heterocycles. The van der Waals surface area contributed by atoms with Crippen molar-refractivity contribution in [1.82, 2.24) is 9.80 Å². The van der Waals surface area contributed by atoms with Crippen LogP contribution >= 0.6 is 36.6 Å². The average molecular weight is 590 g/mol. The first-order valence-electron chi connectivity index (χ1n) is 13.1. The zero-order valence-corrected chi connectivity index (χ0v) is 24.6. The third kappa shape index (κ3) is 8.52. The fraction of sp³-hybridized carbons (Fsp3) is 0.607. The molecule has 1 saturated carbocycles. The molecule has 3 aliphatic rings. The highest BCUT2D eigenvalue weighted by molar-refractivity contribution is 8.14. The first kappa shape index (κ1) is 32.8. The molecule has 4 rings (SSSR count). The Morgan fingerprint density at radius 2 is 1.74 bits per heavy atom. The number of ether oxygens (including phenoxy) is 1. The standard InChI is InChI=1S/C28H37FN2O4S.2ClH/c1-3-35-28(34)21-10-14-30(15-11-21)16-12-22-18-31(17-13-25(22)36-19(2)32)26(27(33)20-8-9-20)23-6-4-5-7-24(23)29;;/h4-7,12,20-21,25-26H,3,8-11,13-18H2,1-2H3;2*1H/b22-12-;;. The highest BCUT2D eigenvalue weighted by atomic mass is 35.5. The Kier molecular flexibility index (Phi) is 13.2. The summed E-state index contributed by atoms with van der Waals surface area (Å²) >= 11 is 1.35. The Bertz CT molecular complexity index is 999. The van der Waals surface area contributed by atoms with Gasteiger partial charge in [0.05, 0.1) is 18.6 Å². The predicted molar refractivity (Wildman–Crippen MR) is 153 cm³/mol. The van der Waals surface area contributed by atoms with Crippen molar-refractivity contribution >= 4 is 53.4 Å². The fourth-order valence-corrected chi connectivity index (χ4v) is 6.26. The van der Waals surface area contributed by atoms with Crippen molar-refractivity contribution in [3.63, 3.8) is 0 Å². The average Bonchev–Trinajstić information content (AvgIpc) is 3.71. The summed E-state index contributed by atoms with van der Waals surface area (Å²) < 4.78 is 20.0. The fourth-order valence-electron chi connectivity index (χ4n) is 5.31. The quantitative estimate of drug-likeness (QED) is 0.288. The number of piperidine rings is 2. The van der Waals surface area contributed by atoms with Gasteiger partial charge in [0.25, 0.3) is 0 Å². The van der Waals surface area contributed by atoms with E-state index in [0.29, 0.717) is 25.3 Å². The molecule has 2 unspecified atom stereocenters. The largest absolute Gasteiger partial charge is 0.466 e. The van der Waals surface area contributed by atoms with Gasteiger partial charge in [-0.2, -0.15) is 0 Å². The Morgan fingerprint density at radius 3 is 2.34 bits per heavy atom. The topological polar surface area (TPSA) is 66.9 Å². The number of carbonyl (C=O) groups is 3. The van der Waals surface area contributed by atoms with Gasteiger partial charge in [0.1, 0.15) is 5.82 Å². The lowest BCUT2D eigenvalue weighted by Gasteiger charge is -2.39. The molecule has 0 spiro atoms. The predicted octanol–water partition coefficient (Wildman–Crippen LogP) is 5.25. The number of Topliss-reactive ketones (excluding diaryl/α,β-unsaturated/α-hetero) is 1. The van der Waals surface area contributed by atoms with E-state index >= 15 is 0 Å². The van der Waals surface area contributed by atoms with Crippen LogP contribution in [0.15, 0.2) is 35.9 Å². The van der Waals surface area contributed by atoms with Crippen LogP contribution in [0.25, 0.3) is 0 Å². The van der Waals surface area contributed by atoms with Crippen LogP contribution in [0, 0.1) is 17.7 Å². The van der Waals surface area contributed by atoms with Crippen LogP contribution in [0.1, 0.15) is 57.6 Å². The molecule has 3 fully saturated rings. The van der Waals surface area contributed by atoms with Crippen LogP contribution in [-0.4, -0.2) is 71.2 Å². The highest BCUT2D eigenvalue weighted by Gasteiger charge is 2.41. The van der Waals surface area contributed by atoms with Gasteiger partial charge in [0, 0.05) is 43.3 Å². The lowest BCUT2D eigenvalue weighted by molar-refractivity contribution is -0.149. The van der Waals surface area contributed by atoms with E-state index in [0.717, 1.165) is 57.3 Å². The van der Waals surface area contributed by atoms with Crippen molar-refractivity contribution in [2.45, 2.75) is 57.2 Å². The van der Waals surface area contributed by atoms with E-state index in [9.17, 15) is 18.8 Å². The SMILES string of the molecule is CCOC(=O)C1CCN(C/C=C2/CN(C(C(=O)C3CC3)c3ccccc3F)CCC2SC(C)=O)CC1.Cl.Cl. The number of esters is 1. The second-order valence-electron chi connectivity index (χ2n) is 10.1. The van der Waals surface area contributed by atoms with Crippen LogP contribution in [0.5, 0.6) is 0 Å². The van der Waals surface area contributed by atoms with Gasteiger partial charge in [-0.3, -0.25) is 24.2 Å². The summed E-state index contributed by atoms with van der Waals surface area (Å²) in [5.41, 5.74) is 1.58. The lowest BCUT2D eigenvalue weighted by Crippen LogP contribution is -2.43. The number of halogens is 3. The molecule has 1 aromatic carbocycles. The number of hydrogen-bond acceptors (Lipinski definition) is 7. The highest BCUT2D eigenvalue weighted by Crippen LogP contribution is 2.40. The van der Waals surface area contributed by atoms with Gasteiger partial charge in [-0.25, -0.2) is 4.39 Å². The Balaban J connectivity index is 0.00000253. The van der Waals surface area contributed by atoms with Gasteiger partial charge in [-0.05, 0) is 63.8 Å². The summed E-state index contributed by atoms with van der Waals surface area (Å²) in [7, 11) is 0. The molecule has 0 radical (unpaired) electrons. The third-order valence-electron chi connectivity index (χ3n) is 7.42. The molecular weight excluding hydrogens is 550 g/mol. The van der Waals surface area contributed by atoms with E-state index in [1.165, 1.54) is 17.8 Å². The van der Waals surface area contributed by atoms with Gasteiger partial charge >= 0.3 is 5.97 Å². The van der Waals surface area contributed by atoms with Crippen molar-refractivity contribution in [1.29, 1.82) is 0 Å². The minimum atomic E-state index is -0.592. The first-order chi connectivity index (χ1) is 17.4. The minimum absolute atomic E-state index is 0. The van der Waals surface area contributed by atoms with Crippen LogP contribution < -0.4 is 0 Å². The summed E-state index contributed by atoms with van der Waals surface area (Å²) in [4.78, 5) is 41.8. The van der Waals surface area contributed by atoms with Crippen molar-refractivity contribution in [2.75, 3.05) is 39.3 Å². The summed E-state index contributed by atoms with van der Waals surface area (Å²) in [5.74, 6) is -0.345. The molecule has 1 aromatic rings. The van der Waals surface area contributed by atoms with Gasteiger partial charge < -0.3 is 4.74 Å². The second-order valence-corrected chi connectivity index (χ2v) is 11.4. The zero-order valence-electron chi connectivity index (χ0n) is 22.1. The maximum atomic E-state index is 14.8. The molecule has 6 nitrogen and oxygen atoms in total. The molecule has 0 N–H and O–H groups in total. The first-order valence-corrected chi connectivity index (χ1v) is 14.0. The van der Waals surface area contributed by atoms with Crippen LogP contribution in [0.2, 0.25) is 0 Å². The maximum absolute atomic E-state index is 14.8. The van der Waals surface area contributed by atoms with Gasteiger partial charge in [0.2, 0.25) is 0 Å². The molecule has 2 heterocycles. The van der Waals surface area contributed by atoms with E-state index in [2.05, 4.69) is 15.9 Å². The Morgan fingerprint density at radius 1 is 1.05 bits per heavy atom. The second kappa shape index (κ2) is 15.4. The molecule has 212 valence electrons. The van der Waals surface area contributed by atoms with Crippen molar-refractivity contribution < 1.29 is 23.5 Å². The van der Waals surface area contributed by atoms with E-state index in [1.54, 1.807) is 25.1 Å². The summed E-state index contributed by atoms with van der Waals surface area (Å²) in [5, 5.41) is 0.141. The lowest BCUT2D eigenvalue weighted by atomic mass is 9.93. The van der Waals surface area contributed by atoms with E-state index < -0.39 is 6.04 Å². The normalized spacial score (nSPS) is 22.7. The summed E-state index contributed by atoms with van der Waals surface area (Å²) in [6, 6.07) is 6.01. The Hall–Kier alpha value is -1.45. The van der Waals surface area contributed by atoms with Gasteiger partial charge in [-0.1, -0.05) is 36.0 Å². The molecule has 0 bridgehead atoms. The molecule has 2 atom stereocenters. The van der Waals surface area contributed by atoms with E-state index in [4.69, 9.17) is 4.74 Å². The molecule has 0 amide bonds. The number of hydrogen-bond donors (Lipinski definition) is 0. The molecular formula is C28H39Cl2FN2O4S. The van der Waals surface area contributed by atoms with E-state index in [1.807, 2.05) is 6.92 Å².